The molecule has 0 saturated heterocycles. The van der Waals surface area contributed by atoms with Crippen molar-refractivity contribution in [1.82, 2.24) is 9.97 Å². The van der Waals surface area contributed by atoms with Gasteiger partial charge in [-0.15, -0.1) is 0 Å². The minimum absolute atomic E-state index is 0. The van der Waals surface area contributed by atoms with Crippen molar-refractivity contribution in [1.29, 1.82) is 0 Å². The molecule has 0 aliphatic carbocycles. The maximum absolute atomic E-state index is 10.1. The van der Waals surface area contributed by atoms with Gasteiger partial charge in [-0.05, 0) is 6.07 Å². The molecule has 0 atom stereocenters. The molecule has 12 heavy (non-hydrogen) atoms. The second-order valence-corrected chi connectivity index (χ2v) is 1.61. The van der Waals surface area contributed by atoms with Crippen molar-refractivity contribution in [3.63, 3.8) is 0 Å². The summed E-state index contributed by atoms with van der Waals surface area (Å²) in [4.78, 5) is 24.8. The number of H-pyrrole nitrogens is 1. The molecule has 0 amide bonds. The molecule has 0 saturated carbocycles. The predicted octanol–water partition coefficient (Wildman–Crippen LogP) is -0.142. The molecule has 1 radical (unpaired) electrons. The second kappa shape index (κ2) is 7.97. The van der Waals surface area contributed by atoms with E-state index in [1.807, 2.05) is 0 Å². The third-order valence-electron chi connectivity index (χ3n) is 0.581. The van der Waals surface area contributed by atoms with Crippen LogP contribution >= 0.6 is 0 Å². The summed E-state index contributed by atoms with van der Waals surface area (Å²) in [5.41, 5.74) is -0.303. The molecule has 0 aliphatic heterocycles. The molecular formula is C6H8CuN2O3. The van der Waals surface area contributed by atoms with Crippen molar-refractivity contribution in [3.05, 3.63) is 28.9 Å². The molecule has 1 heterocycles. The van der Waals surface area contributed by atoms with E-state index in [9.17, 15) is 4.79 Å². The molecule has 0 fully saturated rings. The Balaban J connectivity index is 0. The van der Waals surface area contributed by atoms with E-state index in [4.69, 9.17) is 9.90 Å². The number of nitrogens with one attached hydrogen (secondary N) is 1. The molecule has 1 aromatic rings. The average Bonchev–Trinajstić information content (AvgIpc) is 1.87. The summed E-state index contributed by atoms with van der Waals surface area (Å²) in [5, 5.41) is 7.42. The molecule has 0 aromatic carbocycles. The molecule has 6 heteroatoms. The number of carboxylic acids is 1. The van der Waals surface area contributed by atoms with Crippen molar-refractivity contribution < 1.29 is 27.0 Å². The summed E-state index contributed by atoms with van der Waals surface area (Å²) in [5.74, 6) is -0.833. The van der Waals surface area contributed by atoms with E-state index in [-0.39, 0.29) is 22.8 Å². The summed E-state index contributed by atoms with van der Waals surface area (Å²) < 4.78 is 0. The fourth-order valence-corrected chi connectivity index (χ4v) is 0.310. The Morgan fingerprint density at radius 1 is 1.67 bits per heavy atom. The van der Waals surface area contributed by atoms with Crippen molar-refractivity contribution in [2.75, 3.05) is 0 Å². The van der Waals surface area contributed by atoms with Crippen LogP contribution in [0.5, 0.6) is 0 Å². The first-order valence-corrected chi connectivity index (χ1v) is 2.82. The van der Waals surface area contributed by atoms with Crippen LogP contribution in [0.3, 0.4) is 0 Å². The monoisotopic (exact) mass is 219 g/mol. The molecular weight excluding hydrogens is 212 g/mol. The Morgan fingerprint density at radius 2 is 2.17 bits per heavy atom. The first kappa shape index (κ1) is 13.5. The van der Waals surface area contributed by atoms with Gasteiger partial charge in [0.1, 0.15) is 0 Å². The Labute approximate surface area is 79.3 Å². The van der Waals surface area contributed by atoms with Crippen molar-refractivity contribution in [2.24, 2.45) is 0 Å². The van der Waals surface area contributed by atoms with Gasteiger partial charge in [0, 0.05) is 36.4 Å². The Hall–Kier alpha value is -1.13. The van der Waals surface area contributed by atoms with Gasteiger partial charge in [-0.1, -0.05) is 0 Å². The number of rotatable bonds is 0. The van der Waals surface area contributed by atoms with Crippen LogP contribution in [-0.2, 0) is 21.9 Å². The van der Waals surface area contributed by atoms with E-state index in [0.29, 0.717) is 0 Å². The third kappa shape index (κ3) is 11.6. The predicted molar refractivity (Wildman–Crippen MR) is 38.2 cm³/mol. The third-order valence-corrected chi connectivity index (χ3v) is 0.581. The van der Waals surface area contributed by atoms with Gasteiger partial charge in [0.2, 0.25) is 0 Å². The van der Waals surface area contributed by atoms with E-state index in [1.165, 1.54) is 12.4 Å². The number of carbonyl (C=O) groups is 1. The van der Waals surface area contributed by atoms with Gasteiger partial charge in [-0.2, -0.15) is 0 Å². The zero-order valence-electron chi connectivity index (χ0n) is 6.24. The van der Waals surface area contributed by atoms with Gasteiger partial charge < -0.3 is 10.1 Å². The van der Waals surface area contributed by atoms with Gasteiger partial charge in [-0.3, -0.25) is 4.79 Å². The van der Waals surface area contributed by atoms with Crippen LogP contribution in [0.4, 0.5) is 0 Å². The summed E-state index contributed by atoms with van der Waals surface area (Å²) in [6, 6.07) is 1.65. The van der Waals surface area contributed by atoms with E-state index < -0.39 is 5.97 Å². The quantitative estimate of drug-likeness (QED) is 0.595. The normalized spacial score (nSPS) is 7.08. The SMILES string of the molecule is CC(=O)O.O=c1nccc[nH]1.[Cu]. The standard InChI is InChI=1S/C4H4N2O.C2H4O2.Cu/c7-4-5-2-1-3-6-4;1-2(3)4;/h1-3H,(H,5,6,7);1H3,(H,3,4);. The van der Waals surface area contributed by atoms with Crippen LogP contribution in [-0.4, -0.2) is 21.0 Å². The van der Waals surface area contributed by atoms with Gasteiger partial charge in [0.05, 0.1) is 0 Å². The molecule has 1 aromatic heterocycles. The maximum atomic E-state index is 10.1. The topological polar surface area (TPSA) is 83.0 Å². The molecule has 2 N–H and O–H groups in total. The molecule has 0 bridgehead atoms. The Morgan fingerprint density at radius 3 is 2.33 bits per heavy atom. The van der Waals surface area contributed by atoms with Gasteiger partial charge >= 0.3 is 5.69 Å². The zero-order valence-corrected chi connectivity index (χ0v) is 7.19. The summed E-state index contributed by atoms with van der Waals surface area (Å²) in [6.45, 7) is 1.08. The molecule has 0 aliphatic rings. The van der Waals surface area contributed by atoms with E-state index in [2.05, 4.69) is 9.97 Å². The summed E-state index contributed by atoms with van der Waals surface area (Å²) >= 11 is 0. The average molecular weight is 220 g/mol. The van der Waals surface area contributed by atoms with Crippen LogP contribution < -0.4 is 5.69 Å². The number of aromatic amines is 1. The van der Waals surface area contributed by atoms with Gasteiger partial charge in [-0.25, -0.2) is 9.78 Å². The molecule has 5 nitrogen and oxygen atoms in total. The molecule has 0 unspecified atom stereocenters. The summed E-state index contributed by atoms with van der Waals surface area (Å²) in [6.07, 6.45) is 2.98. The van der Waals surface area contributed by atoms with Crippen LogP contribution in [0.2, 0.25) is 0 Å². The number of aromatic nitrogens is 2. The van der Waals surface area contributed by atoms with Crippen molar-refractivity contribution in [3.8, 4) is 0 Å². The summed E-state index contributed by atoms with van der Waals surface area (Å²) in [7, 11) is 0. The fourth-order valence-electron chi connectivity index (χ4n) is 0.310. The minimum atomic E-state index is -0.833. The second-order valence-electron chi connectivity index (χ2n) is 1.61. The van der Waals surface area contributed by atoms with E-state index in [0.717, 1.165) is 6.92 Å². The number of aliphatic carboxylic acids is 1. The molecule has 71 valence electrons. The van der Waals surface area contributed by atoms with Crippen LogP contribution in [0.15, 0.2) is 23.3 Å². The number of hydrogen-bond acceptors (Lipinski definition) is 3. The molecule has 1 rings (SSSR count). The van der Waals surface area contributed by atoms with Crippen LogP contribution in [0.25, 0.3) is 0 Å². The first-order chi connectivity index (χ1) is 5.13. The maximum Gasteiger partial charge on any atom is 0.344 e. The Bertz CT molecular complexity index is 252. The minimum Gasteiger partial charge on any atom is -0.481 e. The zero-order chi connectivity index (χ0) is 8.69. The molecule has 0 spiro atoms. The van der Waals surface area contributed by atoms with Crippen LogP contribution in [0.1, 0.15) is 6.92 Å². The first-order valence-electron chi connectivity index (χ1n) is 2.82. The van der Waals surface area contributed by atoms with Gasteiger partial charge in [0.25, 0.3) is 5.97 Å². The van der Waals surface area contributed by atoms with Gasteiger partial charge in [0.15, 0.2) is 0 Å². The number of hydrogen-bond donors (Lipinski definition) is 2. The van der Waals surface area contributed by atoms with E-state index in [1.54, 1.807) is 6.07 Å². The van der Waals surface area contributed by atoms with Crippen molar-refractivity contribution >= 4 is 5.97 Å². The number of carboxylic acid groups (broad SMARTS) is 1. The van der Waals surface area contributed by atoms with Crippen LogP contribution in [0, 0.1) is 0 Å². The van der Waals surface area contributed by atoms with E-state index >= 15 is 0 Å². The number of nitrogens with zero attached hydrogens (tertiary/aromatic N) is 1. The fraction of sp³-hybridized carbons (Fsp3) is 0.167. The smallest absolute Gasteiger partial charge is 0.344 e. The Kier molecular flexibility index (Phi) is 8.94. The largest absolute Gasteiger partial charge is 0.481 e. The van der Waals surface area contributed by atoms with Crippen molar-refractivity contribution in [2.45, 2.75) is 6.92 Å².